The summed E-state index contributed by atoms with van der Waals surface area (Å²) in [5.41, 5.74) is 8.82. The van der Waals surface area contributed by atoms with Crippen molar-refractivity contribution in [3.8, 4) is 17.1 Å². The van der Waals surface area contributed by atoms with Crippen LogP contribution in [-0.4, -0.2) is 38.4 Å². The minimum Gasteiger partial charge on any atom is -0.508 e. The van der Waals surface area contributed by atoms with E-state index in [1.807, 2.05) is 30.3 Å². The topological polar surface area (TPSA) is 134 Å². The van der Waals surface area contributed by atoms with E-state index in [-0.39, 0.29) is 6.54 Å². The maximum Gasteiger partial charge on any atom is 0.253 e. The number of imidazole rings is 1. The third kappa shape index (κ3) is 5.66. The number of phenols is 1. The number of benzene rings is 2. The number of para-hydroxylation sites is 1. The number of carbonyl (C=O) groups is 2. The van der Waals surface area contributed by atoms with E-state index in [4.69, 9.17) is 10.8 Å². The maximum atomic E-state index is 12.1. The minimum absolute atomic E-state index is 0.211. The van der Waals surface area contributed by atoms with Crippen LogP contribution in [0.1, 0.15) is 22.8 Å². The van der Waals surface area contributed by atoms with Crippen molar-refractivity contribution in [2.45, 2.75) is 13.3 Å². The molecule has 31 heavy (non-hydrogen) atoms. The number of pyridine rings is 1. The van der Waals surface area contributed by atoms with Gasteiger partial charge in [-0.2, -0.15) is 0 Å². The second-order valence-corrected chi connectivity index (χ2v) is 6.69. The van der Waals surface area contributed by atoms with Gasteiger partial charge in [0.2, 0.25) is 5.91 Å². The Labute approximate surface area is 179 Å². The van der Waals surface area contributed by atoms with E-state index in [2.05, 4.69) is 27.2 Å². The van der Waals surface area contributed by atoms with Crippen molar-refractivity contribution < 1.29 is 14.7 Å². The van der Waals surface area contributed by atoms with Crippen LogP contribution in [0, 0.1) is 0 Å². The fourth-order valence-corrected chi connectivity index (χ4v) is 2.86. The number of aromatic nitrogens is 3. The monoisotopic (exact) mass is 417 g/mol. The summed E-state index contributed by atoms with van der Waals surface area (Å²) in [5, 5.41) is 11.3. The molecule has 2 amide bonds. The summed E-state index contributed by atoms with van der Waals surface area (Å²) in [6.07, 6.45) is 4.37. The van der Waals surface area contributed by atoms with E-state index in [1.165, 1.54) is 5.56 Å². The van der Waals surface area contributed by atoms with Crippen molar-refractivity contribution >= 4 is 22.8 Å². The Hall–Kier alpha value is -4.20. The lowest BCUT2D eigenvalue weighted by atomic mass is 10.1. The van der Waals surface area contributed by atoms with E-state index < -0.39 is 11.8 Å². The highest BCUT2D eigenvalue weighted by Crippen LogP contribution is 2.22. The fraction of sp³-hybridized carbons (Fsp3) is 0.130. The van der Waals surface area contributed by atoms with Gasteiger partial charge in [-0.1, -0.05) is 25.1 Å². The third-order valence-electron chi connectivity index (χ3n) is 4.48. The molecule has 2 aromatic heterocycles. The number of nitrogens with two attached hydrogens (primary N) is 1. The molecule has 0 saturated heterocycles. The summed E-state index contributed by atoms with van der Waals surface area (Å²) in [5.74, 6) is -0.00282. The highest BCUT2D eigenvalue weighted by atomic mass is 16.3. The molecule has 8 nitrogen and oxygen atoms in total. The van der Waals surface area contributed by atoms with Crippen LogP contribution in [0.25, 0.3) is 22.4 Å². The quantitative estimate of drug-likeness (QED) is 0.396. The first kappa shape index (κ1) is 21.5. The van der Waals surface area contributed by atoms with Crippen LogP contribution in [0.4, 0.5) is 0 Å². The number of hydrogen-bond acceptors (Lipinski definition) is 5. The van der Waals surface area contributed by atoms with Crippen LogP contribution in [0.15, 0.2) is 67.0 Å². The molecule has 0 fully saturated rings. The summed E-state index contributed by atoms with van der Waals surface area (Å²) >= 11 is 0. The molecule has 8 heteroatoms. The van der Waals surface area contributed by atoms with Gasteiger partial charge in [0.05, 0.1) is 17.6 Å². The number of aromatic amines is 1. The van der Waals surface area contributed by atoms with Crippen LogP contribution in [0.5, 0.6) is 5.75 Å². The average Bonchev–Trinajstić information content (AvgIpc) is 3.23. The Morgan fingerprint density at radius 2 is 1.77 bits per heavy atom. The van der Waals surface area contributed by atoms with Gasteiger partial charge in [-0.3, -0.25) is 14.6 Å². The van der Waals surface area contributed by atoms with Crippen molar-refractivity contribution in [1.29, 1.82) is 0 Å². The molecule has 0 bridgehead atoms. The van der Waals surface area contributed by atoms with Crippen LogP contribution >= 0.6 is 0 Å². The Kier molecular flexibility index (Phi) is 6.95. The number of rotatable bonds is 5. The zero-order valence-corrected chi connectivity index (χ0v) is 17.0. The molecule has 0 aliphatic rings. The molecule has 0 radical (unpaired) electrons. The van der Waals surface area contributed by atoms with Gasteiger partial charge in [-0.05, 0) is 48.4 Å². The van der Waals surface area contributed by atoms with Gasteiger partial charge in [0, 0.05) is 18.0 Å². The van der Waals surface area contributed by atoms with Gasteiger partial charge in [0.15, 0.2) is 0 Å². The second-order valence-electron chi connectivity index (χ2n) is 6.69. The molecule has 0 saturated carbocycles. The third-order valence-corrected chi connectivity index (χ3v) is 4.48. The molecule has 4 aromatic rings. The van der Waals surface area contributed by atoms with Crippen LogP contribution in [0.2, 0.25) is 0 Å². The summed E-state index contributed by atoms with van der Waals surface area (Å²) in [6, 6.07) is 16.1. The summed E-state index contributed by atoms with van der Waals surface area (Å²) in [4.78, 5) is 34.5. The number of fused-ring (bicyclic) bond motifs is 1. The first-order valence-electron chi connectivity index (χ1n) is 9.71. The predicted molar refractivity (Wildman–Crippen MR) is 118 cm³/mol. The van der Waals surface area contributed by atoms with Gasteiger partial charge in [-0.15, -0.1) is 0 Å². The lowest BCUT2D eigenvalue weighted by Gasteiger charge is -2.03. The predicted octanol–water partition coefficient (Wildman–Crippen LogP) is 2.79. The van der Waals surface area contributed by atoms with E-state index in [9.17, 15) is 9.59 Å². The lowest BCUT2D eigenvalue weighted by molar-refractivity contribution is -0.117. The van der Waals surface area contributed by atoms with Gasteiger partial charge >= 0.3 is 0 Å². The van der Waals surface area contributed by atoms with Crippen molar-refractivity contribution in [2.24, 2.45) is 5.73 Å². The van der Waals surface area contributed by atoms with E-state index in [0.29, 0.717) is 22.7 Å². The summed E-state index contributed by atoms with van der Waals surface area (Å²) in [7, 11) is 0. The Bertz CT molecular complexity index is 1170. The number of H-pyrrole nitrogens is 1. The molecule has 4 rings (SSSR count). The number of aromatic hydroxyl groups is 1. The molecule has 5 N–H and O–H groups in total. The van der Waals surface area contributed by atoms with E-state index in [1.54, 1.807) is 36.7 Å². The second kappa shape index (κ2) is 10.0. The standard InChI is InChI=1S/C15H13N5O2.C8H10O/c16-12(21)8-18-15(22)10-2-1-3-11-13(10)20-14(19-11)9-4-6-17-7-5-9;1-2-7-3-5-8(9)6-4-7/h1-7H,8H2,(H2,16,21)(H,18,22)(H,19,20);3-6,9H,2H2,1H3. The van der Waals surface area contributed by atoms with Crippen molar-refractivity contribution in [1.82, 2.24) is 20.3 Å². The average molecular weight is 417 g/mol. The molecule has 2 aromatic carbocycles. The molecular weight excluding hydrogens is 394 g/mol. The van der Waals surface area contributed by atoms with E-state index in [0.717, 1.165) is 17.5 Å². The first-order valence-corrected chi connectivity index (χ1v) is 9.71. The Morgan fingerprint density at radius 1 is 1.06 bits per heavy atom. The Morgan fingerprint density at radius 3 is 2.42 bits per heavy atom. The van der Waals surface area contributed by atoms with Gasteiger partial charge in [0.1, 0.15) is 17.1 Å². The van der Waals surface area contributed by atoms with Crippen LogP contribution in [-0.2, 0) is 11.2 Å². The van der Waals surface area contributed by atoms with Crippen LogP contribution in [0.3, 0.4) is 0 Å². The minimum atomic E-state index is -0.597. The molecule has 0 atom stereocenters. The molecular formula is C23H23N5O3. The smallest absolute Gasteiger partial charge is 0.253 e. The summed E-state index contributed by atoms with van der Waals surface area (Å²) in [6.45, 7) is 1.88. The molecule has 2 heterocycles. The number of nitrogens with zero attached hydrogens (tertiary/aromatic N) is 2. The number of aryl methyl sites for hydroxylation is 1. The van der Waals surface area contributed by atoms with Gasteiger partial charge in [-0.25, -0.2) is 4.98 Å². The number of primary amides is 1. The highest BCUT2D eigenvalue weighted by Gasteiger charge is 2.14. The fourth-order valence-electron chi connectivity index (χ4n) is 2.86. The largest absolute Gasteiger partial charge is 0.508 e. The number of amides is 2. The molecule has 0 unspecified atom stereocenters. The van der Waals surface area contributed by atoms with E-state index >= 15 is 0 Å². The number of hydrogen-bond donors (Lipinski definition) is 4. The number of nitrogens with one attached hydrogen (secondary N) is 2. The molecule has 0 aliphatic carbocycles. The van der Waals surface area contributed by atoms with Crippen molar-refractivity contribution in [2.75, 3.05) is 6.54 Å². The van der Waals surface area contributed by atoms with Gasteiger partial charge in [0.25, 0.3) is 5.91 Å². The van der Waals surface area contributed by atoms with Crippen LogP contribution < -0.4 is 11.1 Å². The molecule has 0 spiro atoms. The zero-order valence-electron chi connectivity index (χ0n) is 17.0. The Balaban J connectivity index is 0.000000254. The molecule has 158 valence electrons. The van der Waals surface area contributed by atoms with Gasteiger partial charge < -0.3 is 21.1 Å². The number of carbonyl (C=O) groups excluding carboxylic acids is 2. The maximum absolute atomic E-state index is 12.1. The SMILES string of the molecule is CCc1ccc(O)cc1.NC(=O)CNC(=O)c1cccc2[nH]c(-c3ccncc3)nc12. The number of phenolic OH excluding ortho intramolecular Hbond substituents is 1. The first-order chi connectivity index (χ1) is 15.0. The zero-order chi connectivity index (χ0) is 22.2. The normalized spacial score (nSPS) is 10.2. The summed E-state index contributed by atoms with van der Waals surface area (Å²) < 4.78 is 0. The van der Waals surface area contributed by atoms with Crippen molar-refractivity contribution in [3.05, 3.63) is 78.1 Å². The molecule has 0 aliphatic heterocycles. The van der Waals surface area contributed by atoms with Crippen molar-refractivity contribution in [3.63, 3.8) is 0 Å². The highest BCUT2D eigenvalue weighted by molar-refractivity contribution is 6.06. The lowest BCUT2D eigenvalue weighted by Crippen LogP contribution is -2.33.